The molecule has 0 bridgehead atoms. The molecule has 1 aromatic rings. The van der Waals surface area contributed by atoms with Crippen molar-refractivity contribution in [2.24, 2.45) is 5.92 Å². The van der Waals surface area contributed by atoms with Gasteiger partial charge in [0.25, 0.3) is 5.91 Å². The van der Waals surface area contributed by atoms with Crippen molar-refractivity contribution in [3.8, 4) is 0 Å². The molecule has 0 atom stereocenters. The molecule has 1 amide bonds. The fraction of sp³-hybridized carbons (Fsp3) is 0.462. The van der Waals surface area contributed by atoms with Crippen molar-refractivity contribution in [3.05, 3.63) is 27.7 Å². The molecule has 2 rings (SSSR count). The van der Waals surface area contributed by atoms with Gasteiger partial charge in [0.2, 0.25) is 0 Å². The normalized spacial score (nSPS) is 15.2. The van der Waals surface area contributed by atoms with E-state index in [1.807, 2.05) is 0 Å². The molecular weight excluding hydrogens is 271 g/mol. The number of nitrogens with one attached hydrogen (secondary N) is 1. The summed E-state index contributed by atoms with van der Waals surface area (Å²) in [4.78, 5) is 11.9. The van der Waals surface area contributed by atoms with Crippen LogP contribution in [0.3, 0.4) is 0 Å². The molecule has 0 aliphatic heterocycles. The average Bonchev–Trinajstić information content (AvgIpc) is 2.26. The van der Waals surface area contributed by atoms with Crippen LogP contribution in [0.2, 0.25) is 10.0 Å². The number of anilines is 1. The lowest BCUT2D eigenvalue weighted by Crippen LogP contribution is -2.27. The number of halogens is 2. The van der Waals surface area contributed by atoms with Crippen LogP contribution < -0.4 is 11.1 Å². The molecule has 1 fully saturated rings. The first-order valence-corrected chi connectivity index (χ1v) is 6.86. The van der Waals surface area contributed by atoms with Gasteiger partial charge in [0.15, 0.2) is 0 Å². The number of carbonyl (C=O) groups is 1. The third-order valence-corrected chi connectivity index (χ3v) is 4.16. The van der Waals surface area contributed by atoms with E-state index >= 15 is 0 Å². The predicted molar refractivity (Wildman–Crippen MR) is 75.2 cm³/mol. The first kappa shape index (κ1) is 13.5. The second kappa shape index (κ2) is 5.81. The van der Waals surface area contributed by atoms with Crippen LogP contribution in [-0.4, -0.2) is 12.5 Å². The highest BCUT2D eigenvalue weighted by Gasteiger charge is 2.18. The van der Waals surface area contributed by atoms with Crippen LogP contribution in [-0.2, 0) is 0 Å². The smallest absolute Gasteiger partial charge is 0.252 e. The standard InChI is InChI=1S/C13H16Cl2N2O/c14-11-7-9(16)6-10(12(11)15)13(18)17-5-4-8-2-1-3-8/h6-8H,1-5,16H2,(H,17,18). The Morgan fingerprint density at radius 3 is 2.72 bits per heavy atom. The summed E-state index contributed by atoms with van der Waals surface area (Å²) in [7, 11) is 0. The monoisotopic (exact) mass is 286 g/mol. The highest BCUT2D eigenvalue weighted by Crippen LogP contribution is 2.30. The minimum absolute atomic E-state index is 0.214. The number of nitrogen functional groups attached to an aromatic ring is 1. The quantitative estimate of drug-likeness (QED) is 0.833. The van der Waals surface area contributed by atoms with E-state index in [1.165, 1.54) is 25.3 Å². The fourth-order valence-corrected chi connectivity index (χ4v) is 2.46. The van der Waals surface area contributed by atoms with Crippen molar-refractivity contribution in [1.29, 1.82) is 0 Å². The van der Waals surface area contributed by atoms with Gasteiger partial charge in [0.05, 0.1) is 15.6 Å². The average molecular weight is 287 g/mol. The van der Waals surface area contributed by atoms with Crippen LogP contribution >= 0.6 is 23.2 Å². The molecule has 0 radical (unpaired) electrons. The SMILES string of the molecule is Nc1cc(Cl)c(Cl)c(C(=O)NCCC2CCC2)c1. The second-order valence-electron chi connectivity index (χ2n) is 4.71. The largest absolute Gasteiger partial charge is 0.399 e. The molecule has 0 unspecified atom stereocenters. The topological polar surface area (TPSA) is 55.1 Å². The van der Waals surface area contributed by atoms with Crippen molar-refractivity contribution >= 4 is 34.8 Å². The molecule has 1 aliphatic rings. The molecule has 3 N–H and O–H groups in total. The summed E-state index contributed by atoms with van der Waals surface area (Å²) in [5.74, 6) is 0.554. The van der Waals surface area contributed by atoms with Crippen molar-refractivity contribution in [3.63, 3.8) is 0 Å². The van der Waals surface area contributed by atoms with Gasteiger partial charge in [0.1, 0.15) is 0 Å². The molecule has 0 heterocycles. The Balaban J connectivity index is 1.95. The Morgan fingerprint density at radius 1 is 1.39 bits per heavy atom. The summed E-state index contributed by atoms with van der Waals surface area (Å²) in [5.41, 5.74) is 6.43. The van der Waals surface area contributed by atoms with Crippen LogP contribution in [0.4, 0.5) is 5.69 Å². The number of hydrogen-bond donors (Lipinski definition) is 2. The van der Waals surface area contributed by atoms with Gasteiger partial charge >= 0.3 is 0 Å². The lowest BCUT2D eigenvalue weighted by atomic mass is 9.83. The number of carbonyl (C=O) groups excluding carboxylic acids is 1. The van der Waals surface area contributed by atoms with Gasteiger partial charge in [-0.2, -0.15) is 0 Å². The van der Waals surface area contributed by atoms with Crippen molar-refractivity contribution < 1.29 is 4.79 Å². The van der Waals surface area contributed by atoms with E-state index in [-0.39, 0.29) is 10.9 Å². The molecule has 1 saturated carbocycles. The summed E-state index contributed by atoms with van der Waals surface area (Å²) in [6.07, 6.45) is 4.90. The Morgan fingerprint density at radius 2 is 2.11 bits per heavy atom. The molecule has 0 spiro atoms. The van der Waals surface area contributed by atoms with E-state index in [4.69, 9.17) is 28.9 Å². The Hall–Kier alpha value is -0.930. The van der Waals surface area contributed by atoms with Gasteiger partial charge < -0.3 is 11.1 Å². The first-order chi connectivity index (χ1) is 8.58. The van der Waals surface area contributed by atoms with Crippen molar-refractivity contribution in [2.45, 2.75) is 25.7 Å². The summed E-state index contributed by atoms with van der Waals surface area (Å²) in [5, 5.41) is 3.42. The predicted octanol–water partition coefficient (Wildman–Crippen LogP) is 3.50. The maximum Gasteiger partial charge on any atom is 0.252 e. The second-order valence-corrected chi connectivity index (χ2v) is 5.49. The number of rotatable bonds is 4. The Bertz CT molecular complexity index is 459. The van der Waals surface area contributed by atoms with E-state index in [9.17, 15) is 4.79 Å². The Kier molecular flexibility index (Phi) is 4.36. The zero-order valence-corrected chi connectivity index (χ0v) is 11.5. The minimum atomic E-state index is -0.214. The zero-order chi connectivity index (χ0) is 13.1. The number of nitrogens with two attached hydrogens (primary N) is 1. The summed E-state index contributed by atoms with van der Waals surface area (Å²) in [6, 6.07) is 3.09. The van der Waals surface area contributed by atoms with Crippen LogP contribution in [0.5, 0.6) is 0 Å². The van der Waals surface area contributed by atoms with E-state index in [2.05, 4.69) is 5.32 Å². The molecule has 0 saturated heterocycles. The molecule has 98 valence electrons. The van der Waals surface area contributed by atoms with Gasteiger partial charge in [-0.1, -0.05) is 42.5 Å². The van der Waals surface area contributed by atoms with Crippen LogP contribution in [0.25, 0.3) is 0 Å². The van der Waals surface area contributed by atoms with Crippen molar-refractivity contribution in [2.75, 3.05) is 12.3 Å². The van der Waals surface area contributed by atoms with Crippen LogP contribution in [0, 0.1) is 5.92 Å². The molecule has 0 aromatic heterocycles. The zero-order valence-electron chi connectivity index (χ0n) is 10.0. The maximum atomic E-state index is 11.9. The van der Waals surface area contributed by atoms with E-state index < -0.39 is 0 Å². The third-order valence-electron chi connectivity index (χ3n) is 3.36. The van der Waals surface area contributed by atoms with Gasteiger partial charge in [-0.25, -0.2) is 0 Å². The number of amides is 1. The number of benzene rings is 1. The lowest BCUT2D eigenvalue weighted by molar-refractivity contribution is 0.0949. The highest BCUT2D eigenvalue weighted by molar-refractivity contribution is 6.44. The first-order valence-electron chi connectivity index (χ1n) is 6.10. The van der Waals surface area contributed by atoms with Gasteiger partial charge in [-0.15, -0.1) is 0 Å². The molecular formula is C13H16Cl2N2O. The highest BCUT2D eigenvalue weighted by atomic mass is 35.5. The lowest BCUT2D eigenvalue weighted by Gasteiger charge is -2.25. The molecule has 5 heteroatoms. The summed E-state index contributed by atoms with van der Waals surface area (Å²) < 4.78 is 0. The van der Waals surface area contributed by atoms with Crippen LogP contribution in [0.15, 0.2) is 12.1 Å². The van der Waals surface area contributed by atoms with E-state index in [1.54, 1.807) is 6.07 Å². The summed E-state index contributed by atoms with van der Waals surface area (Å²) >= 11 is 11.9. The molecule has 1 aliphatic carbocycles. The Labute approximate surface area is 117 Å². The fourth-order valence-electron chi connectivity index (χ4n) is 2.04. The molecule has 18 heavy (non-hydrogen) atoms. The van der Waals surface area contributed by atoms with Crippen LogP contribution in [0.1, 0.15) is 36.0 Å². The number of hydrogen-bond acceptors (Lipinski definition) is 2. The van der Waals surface area contributed by atoms with Gasteiger partial charge in [-0.3, -0.25) is 4.79 Å². The van der Waals surface area contributed by atoms with E-state index in [0.717, 1.165) is 12.3 Å². The van der Waals surface area contributed by atoms with E-state index in [0.29, 0.717) is 22.8 Å². The maximum absolute atomic E-state index is 11.9. The summed E-state index contributed by atoms with van der Waals surface area (Å²) in [6.45, 7) is 0.673. The minimum Gasteiger partial charge on any atom is -0.399 e. The third kappa shape index (κ3) is 3.09. The molecule has 3 nitrogen and oxygen atoms in total. The van der Waals surface area contributed by atoms with Gasteiger partial charge in [0, 0.05) is 12.2 Å². The van der Waals surface area contributed by atoms with Gasteiger partial charge in [-0.05, 0) is 24.5 Å². The van der Waals surface area contributed by atoms with Crippen molar-refractivity contribution in [1.82, 2.24) is 5.32 Å². The molecule has 1 aromatic carbocycles.